The van der Waals surface area contributed by atoms with Crippen molar-refractivity contribution < 1.29 is 26.4 Å². The van der Waals surface area contributed by atoms with Crippen LogP contribution in [0.4, 0.5) is 13.2 Å². The molecule has 3 N–H and O–H groups in total. The van der Waals surface area contributed by atoms with Gasteiger partial charge in [0.2, 0.25) is 15.9 Å². The molecule has 1 fully saturated rings. The highest BCUT2D eigenvalue weighted by molar-refractivity contribution is 7.89. The van der Waals surface area contributed by atoms with Crippen LogP contribution in [-0.2, 0) is 21.2 Å². The summed E-state index contributed by atoms with van der Waals surface area (Å²) >= 11 is 0. The summed E-state index contributed by atoms with van der Waals surface area (Å²) in [6.45, 7) is 2.25. The molecule has 1 aliphatic heterocycles. The molecule has 1 saturated heterocycles. The number of carbonyl (C=O) groups is 1. The molecule has 1 aliphatic rings. The lowest BCUT2D eigenvalue weighted by molar-refractivity contribution is -0.132. The van der Waals surface area contributed by atoms with E-state index in [0.29, 0.717) is 25.5 Å². The van der Waals surface area contributed by atoms with Gasteiger partial charge >= 0.3 is 0 Å². The first-order valence-corrected chi connectivity index (χ1v) is 10.4. The van der Waals surface area contributed by atoms with E-state index >= 15 is 0 Å². The fourth-order valence-electron chi connectivity index (χ4n) is 3.07. The molecule has 1 heterocycles. The number of halogens is 3. The summed E-state index contributed by atoms with van der Waals surface area (Å²) in [5.74, 6) is -3.70. The van der Waals surface area contributed by atoms with E-state index in [1.54, 1.807) is 0 Å². The van der Waals surface area contributed by atoms with Crippen molar-refractivity contribution in [3.63, 3.8) is 0 Å². The number of nitrogens with two attached hydrogens (primary N) is 1. The standard InChI is InChI=1S/C17H24F3N3O3S/c1-2-27(25,26)22-13-4-3-5-23(10-13)17(24)8-12(21)6-11-7-15(19)16(20)9-14(11)18/h7,9,12-13,22H,2-6,8,10,21H2,1H3/t12-,13+/m1/s1. The molecule has 2 rings (SSSR count). The van der Waals surface area contributed by atoms with Gasteiger partial charge in [0.25, 0.3) is 0 Å². The van der Waals surface area contributed by atoms with Crippen molar-refractivity contribution in [3.8, 4) is 0 Å². The third-order valence-corrected chi connectivity index (χ3v) is 5.96. The summed E-state index contributed by atoms with van der Waals surface area (Å²) < 4.78 is 65.9. The highest BCUT2D eigenvalue weighted by Crippen LogP contribution is 2.17. The highest BCUT2D eigenvalue weighted by Gasteiger charge is 2.27. The van der Waals surface area contributed by atoms with Crippen molar-refractivity contribution in [2.24, 2.45) is 5.73 Å². The number of piperidine rings is 1. The summed E-state index contributed by atoms with van der Waals surface area (Å²) in [4.78, 5) is 13.9. The molecule has 0 aliphatic carbocycles. The molecule has 1 aromatic carbocycles. The minimum atomic E-state index is -3.36. The molecule has 0 bridgehead atoms. The second-order valence-electron chi connectivity index (χ2n) is 6.73. The number of hydrogen-bond donors (Lipinski definition) is 2. The van der Waals surface area contributed by atoms with E-state index in [1.165, 1.54) is 11.8 Å². The van der Waals surface area contributed by atoms with Crippen LogP contribution in [0.1, 0.15) is 31.7 Å². The second kappa shape index (κ2) is 9.03. The number of amides is 1. The van der Waals surface area contributed by atoms with Gasteiger partial charge in [-0.1, -0.05) is 0 Å². The average molecular weight is 407 g/mol. The number of hydrogen-bond acceptors (Lipinski definition) is 4. The van der Waals surface area contributed by atoms with Crippen LogP contribution in [0.15, 0.2) is 12.1 Å². The number of likely N-dealkylation sites (tertiary alicyclic amines) is 1. The monoisotopic (exact) mass is 407 g/mol. The molecule has 2 atom stereocenters. The molecule has 27 heavy (non-hydrogen) atoms. The SMILES string of the molecule is CCS(=O)(=O)N[C@H]1CCCN(C(=O)C[C@H](N)Cc2cc(F)c(F)cc2F)C1. The van der Waals surface area contributed by atoms with Crippen molar-refractivity contribution in [2.75, 3.05) is 18.8 Å². The van der Waals surface area contributed by atoms with Gasteiger partial charge in [-0.05, 0) is 37.8 Å². The molecule has 1 aromatic rings. The predicted molar refractivity (Wildman–Crippen MR) is 94.8 cm³/mol. The summed E-state index contributed by atoms with van der Waals surface area (Å²) in [7, 11) is -3.36. The zero-order valence-electron chi connectivity index (χ0n) is 15.1. The normalized spacial score (nSPS) is 19.1. The van der Waals surface area contributed by atoms with Gasteiger partial charge in [0, 0.05) is 37.7 Å². The first-order chi connectivity index (χ1) is 12.6. The van der Waals surface area contributed by atoms with E-state index in [4.69, 9.17) is 5.73 Å². The Morgan fingerprint density at radius 1 is 1.30 bits per heavy atom. The minimum absolute atomic E-state index is 0.0396. The molecule has 1 amide bonds. The van der Waals surface area contributed by atoms with E-state index in [9.17, 15) is 26.4 Å². The van der Waals surface area contributed by atoms with Gasteiger partial charge in [-0.15, -0.1) is 0 Å². The first-order valence-electron chi connectivity index (χ1n) is 8.78. The number of benzene rings is 1. The largest absolute Gasteiger partial charge is 0.341 e. The predicted octanol–water partition coefficient (Wildman–Crippen LogP) is 1.29. The Morgan fingerprint density at radius 3 is 2.63 bits per heavy atom. The quantitative estimate of drug-likeness (QED) is 0.667. The average Bonchev–Trinajstić information content (AvgIpc) is 2.59. The number of nitrogens with zero attached hydrogens (tertiary/aromatic N) is 1. The van der Waals surface area contributed by atoms with Crippen LogP contribution < -0.4 is 10.5 Å². The maximum absolute atomic E-state index is 13.7. The maximum Gasteiger partial charge on any atom is 0.224 e. The topological polar surface area (TPSA) is 92.5 Å². The molecule has 0 radical (unpaired) electrons. The van der Waals surface area contributed by atoms with E-state index in [1.807, 2.05) is 0 Å². The van der Waals surface area contributed by atoms with Crippen molar-refractivity contribution in [2.45, 2.75) is 44.7 Å². The Morgan fingerprint density at radius 2 is 1.96 bits per heavy atom. The summed E-state index contributed by atoms with van der Waals surface area (Å²) in [6.07, 6.45) is 1.06. The lowest BCUT2D eigenvalue weighted by Crippen LogP contribution is -2.50. The van der Waals surface area contributed by atoms with E-state index < -0.39 is 33.5 Å². The first kappa shape index (κ1) is 21.6. The third-order valence-electron chi connectivity index (χ3n) is 4.51. The number of nitrogens with one attached hydrogen (secondary N) is 1. The molecular weight excluding hydrogens is 383 g/mol. The summed E-state index contributed by atoms with van der Waals surface area (Å²) in [6, 6.07) is 0.0665. The van der Waals surface area contributed by atoms with Gasteiger partial charge < -0.3 is 10.6 Å². The zero-order valence-corrected chi connectivity index (χ0v) is 15.9. The highest BCUT2D eigenvalue weighted by atomic mass is 32.2. The third kappa shape index (κ3) is 6.18. The lowest BCUT2D eigenvalue weighted by Gasteiger charge is -2.33. The number of rotatable bonds is 7. The number of carbonyl (C=O) groups excluding carboxylic acids is 1. The maximum atomic E-state index is 13.7. The Hall–Kier alpha value is -1.65. The fourth-order valence-corrected chi connectivity index (χ4v) is 3.93. The second-order valence-corrected chi connectivity index (χ2v) is 8.77. The van der Waals surface area contributed by atoms with Crippen LogP contribution in [0.5, 0.6) is 0 Å². The molecule has 0 unspecified atom stereocenters. The lowest BCUT2D eigenvalue weighted by atomic mass is 10.0. The fraction of sp³-hybridized carbons (Fsp3) is 0.588. The van der Waals surface area contributed by atoms with Crippen molar-refractivity contribution in [1.82, 2.24) is 9.62 Å². The number of sulfonamides is 1. The van der Waals surface area contributed by atoms with Crippen LogP contribution in [0.2, 0.25) is 0 Å². The van der Waals surface area contributed by atoms with Gasteiger partial charge in [0.1, 0.15) is 5.82 Å². The van der Waals surface area contributed by atoms with Gasteiger partial charge in [-0.25, -0.2) is 26.3 Å². The smallest absolute Gasteiger partial charge is 0.224 e. The molecule has 0 saturated carbocycles. The molecular formula is C17H24F3N3O3S. The van der Waals surface area contributed by atoms with E-state index in [0.717, 1.165) is 6.07 Å². The Bertz CT molecular complexity index is 789. The Kier molecular flexibility index (Phi) is 7.24. The van der Waals surface area contributed by atoms with Crippen LogP contribution in [0.3, 0.4) is 0 Å². The van der Waals surface area contributed by atoms with E-state index in [2.05, 4.69) is 4.72 Å². The van der Waals surface area contributed by atoms with Crippen molar-refractivity contribution in [3.05, 3.63) is 35.1 Å². The summed E-state index contributed by atoms with van der Waals surface area (Å²) in [5, 5.41) is 0. The van der Waals surface area contributed by atoms with Gasteiger partial charge in [-0.3, -0.25) is 4.79 Å². The molecule has 0 aromatic heterocycles. The van der Waals surface area contributed by atoms with Crippen molar-refractivity contribution in [1.29, 1.82) is 0 Å². The Labute approximate surface area is 157 Å². The molecule has 0 spiro atoms. The van der Waals surface area contributed by atoms with Gasteiger partial charge in [0.15, 0.2) is 11.6 Å². The van der Waals surface area contributed by atoms with Gasteiger partial charge in [-0.2, -0.15) is 0 Å². The van der Waals surface area contributed by atoms with Crippen LogP contribution in [0.25, 0.3) is 0 Å². The van der Waals surface area contributed by atoms with Crippen LogP contribution in [-0.4, -0.2) is 50.2 Å². The Balaban J connectivity index is 1.93. The van der Waals surface area contributed by atoms with Gasteiger partial charge in [0.05, 0.1) is 5.75 Å². The summed E-state index contributed by atoms with van der Waals surface area (Å²) in [5.41, 5.74) is 5.79. The molecule has 10 heteroatoms. The van der Waals surface area contributed by atoms with Crippen LogP contribution >= 0.6 is 0 Å². The zero-order chi connectivity index (χ0) is 20.2. The van der Waals surface area contributed by atoms with Crippen LogP contribution in [0, 0.1) is 17.5 Å². The van der Waals surface area contributed by atoms with E-state index in [-0.39, 0.29) is 42.7 Å². The van der Waals surface area contributed by atoms with Crippen molar-refractivity contribution >= 4 is 15.9 Å². The molecule has 6 nitrogen and oxygen atoms in total. The minimum Gasteiger partial charge on any atom is -0.341 e. The molecule has 152 valence electrons.